The van der Waals surface area contributed by atoms with Gasteiger partial charge in [-0.3, -0.25) is 14.5 Å². The van der Waals surface area contributed by atoms with Crippen LogP contribution in [-0.2, 0) is 32.6 Å². The maximum absolute atomic E-state index is 13.4. The average molecular weight is 644 g/mol. The molecule has 1 aromatic heterocycles. The number of hydrogen-bond acceptors (Lipinski definition) is 6. The molecule has 2 aliphatic heterocycles. The Hall–Kier alpha value is -1.50. The van der Waals surface area contributed by atoms with E-state index < -0.39 is 22.0 Å². The van der Waals surface area contributed by atoms with Crippen LogP contribution in [0.1, 0.15) is 61.3 Å². The number of nitrogens with zero attached hydrogens (tertiary/aromatic N) is 2. The highest BCUT2D eigenvalue weighted by molar-refractivity contribution is 9.10. The number of piperazine rings is 1. The van der Waals surface area contributed by atoms with Crippen molar-refractivity contribution in [3.8, 4) is 0 Å². The molecule has 2 saturated heterocycles. The smallest absolute Gasteiger partial charge is 0.254 e. The maximum Gasteiger partial charge on any atom is 0.254 e. The largest absolute Gasteiger partial charge is 0.353 e. The molecule has 3 heterocycles. The number of piperidine rings is 1. The van der Waals surface area contributed by atoms with Crippen LogP contribution in [-0.4, -0.2) is 61.7 Å². The summed E-state index contributed by atoms with van der Waals surface area (Å²) >= 11 is 10.2. The highest BCUT2D eigenvalue weighted by Crippen LogP contribution is 2.37. The Bertz CT molecular complexity index is 1310. The van der Waals surface area contributed by atoms with Gasteiger partial charge in [0, 0.05) is 19.6 Å². The fourth-order valence-corrected chi connectivity index (χ4v) is 10.4. The zero-order chi connectivity index (χ0) is 26.9. The number of aryl methyl sites for hydroxylation is 1. The van der Waals surface area contributed by atoms with Crippen LogP contribution in [0.5, 0.6) is 0 Å². The number of amides is 2. The highest BCUT2D eigenvalue weighted by Gasteiger charge is 2.41. The van der Waals surface area contributed by atoms with Gasteiger partial charge < -0.3 is 10.6 Å². The molecule has 2 N–H and O–H groups in total. The molecule has 2 aromatic rings. The average Bonchev–Trinajstić information content (AvgIpc) is 3.24. The molecule has 0 saturated carbocycles. The quantitative estimate of drug-likeness (QED) is 0.471. The monoisotopic (exact) mass is 642 g/mol. The molecule has 1 unspecified atom stereocenters. The lowest BCUT2D eigenvalue weighted by Gasteiger charge is -2.34. The van der Waals surface area contributed by atoms with Gasteiger partial charge in [-0.25, -0.2) is 8.42 Å². The van der Waals surface area contributed by atoms with Crippen molar-refractivity contribution in [1.82, 2.24) is 19.8 Å². The fourth-order valence-electron chi connectivity index (χ4n) is 5.70. The van der Waals surface area contributed by atoms with E-state index in [1.165, 1.54) is 36.5 Å². The summed E-state index contributed by atoms with van der Waals surface area (Å²) in [7, 11) is -4.02. The normalized spacial score (nSPS) is 23.1. The molecule has 5 rings (SSSR count). The fraction of sp³-hybridized carbons (Fsp3) is 0.538. The first kappa shape index (κ1) is 28.0. The molecule has 12 heteroatoms. The number of likely N-dealkylation sites (tertiary alicyclic amines) is 1. The van der Waals surface area contributed by atoms with Gasteiger partial charge in [0.2, 0.25) is 11.8 Å². The number of carbonyl (C=O) groups excluding carboxylic acids is 2. The molecule has 2 atom stereocenters. The van der Waals surface area contributed by atoms with Crippen molar-refractivity contribution in [3.63, 3.8) is 0 Å². The number of nitrogens with one attached hydrogen (secondary N) is 2. The molecule has 2 fully saturated rings. The highest BCUT2D eigenvalue weighted by atomic mass is 79.9. The molecule has 3 aliphatic rings. The number of halogens is 2. The number of sulfonamides is 1. The Morgan fingerprint density at radius 1 is 1.16 bits per heavy atom. The van der Waals surface area contributed by atoms with E-state index in [-0.39, 0.29) is 35.7 Å². The SMILES string of the molecule is O=C(CC1C(=O)NCCN1S(=O)(=O)c1sc(Cl)cc1Br)N[C@@H]1CCCc2cc(CN3CCCCC3)ccc21. The Labute approximate surface area is 241 Å². The Kier molecular flexibility index (Phi) is 8.81. The standard InChI is InChI=1S/C26H32BrClN4O4S2/c27-20-14-23(28)37-26(20)38(35,36)32-12-9-29-25(34)22(32)15-24(33)30-21-6-4-5-18-13-17(7-8-19(18)21)16-31-10-2-1-3-11-31/h7-8,13-14,21-22H,1-6,9-12,15-16H2,(H,29,34)(H,30,33)/t21-,22?/m1/s1. The minimum atomic E-state index is -4.02. The van der Waals surface area contributed by atoms with E-state index in [9.17, 15) is 18.0 Å². The number of thiophene rings is 1. The lowest BCUT2D eigenvalue weighted by molar-refractivity contribution is -0.132. The first-order chi connectivity index (χ1) is 18.2. The van der Waals surface area contributed by atoms with E-state index in [4.69, 9.17) is 11.6 Å². The second-order valence-electron chi connectivity index (χ2n) is 10.2. The van der Waals surface area contributed by atoms with Crippen molar-refractivity contribution in [3.05, 3.63) is 49.8 Å². The molecular formula is C26H32BrClN4O4S2. The Morgan fingerprint density at radius 2 is 1.95 bits per heavy atom. The van der Waals surface area contributed by atoms with Crippen molar-refractivity contribution in [2.45, 2.75) is 67.8 Å². The van der Waals surface area contributed by atoms with Crippen molar-refractivity contribution >= 4 is 60.7 Å². The molecule has 1 aliphatic carbocycles. The van der Waals surface area contributed by atoms with Crippen LogP contribution in [0.3, 0.4) is 0 Å². The van der Waals surface area contributed by atoms with Gasteiger partial charge in [0.15, 0.2) is 4.21 Å². The van der Waals surface area contributed by atoms with Gasteiger partial charge in [-0.05, 0) is 83.9 Å². The number of fused-ring (bicyclic) bond motifs is 1. The summed E-state index contributed by atoms with van der Waals surface area (Å²) in [5.41, 5.74) is 3.68. The van der Waals surface area contributed by atoms with Crippen LogP contribution >= 0.6 is 38.9 Å². The van der Waals surface area contributed by atoms with Gasteiger partial charge in [-0.2, -0.15) is 4.31 Å². The molecule has 206 valence electrons. The molecular weight excluding hydrogens is 612 g/mol. The zero-order valence-electron chi connectivity index (χ0n) is 21.0. The first-order valence-electron chi connectivity index (χ1n) is 13.1. The van der Waals surface area contributed by atoms with Crippen LogP contribution in [0.25, 0.3) is 0 Å². The van der Waals surface area contributed by atoms with Gasteiger partial charge in [0.1, 0.15) is 6.04 Å². The van der Waals surface area contributed by atoms with Crippen LogP contribution in [0.2, 0.25) is 4.34 Å². The summed E-state index contributed by atoms with van der Waals surface area (Å²) in [5, 5.41) is 5.80. The number of rotatable bonds is 7. The number of carbonyl (C=O) groups is 2. The predicted octanol–water partition coefficient (Wildman–Crippen LogP) is 4.22. The van der Waals surface area contributed by atoms with E-state index >= 15 is 0 Å². The van der Waals surface area contributed by atoms with E-state index in [1.807, 2.05) is 0 Å². The van der Waals surface area contributed by atoms with E-state index in [1.54, 1.807) is 0 Å². The summed E-state index contributed by atoms with van der Waals surface area (Å²) in [4.78, 5) is 28.5. The summed E-state index contributed by atoms with van der Waals surface area (Å²) in [6.07, 6.45) is 6.33. The summed E-state index contributed by atoms with van der Waals surface area (Å²) < 4.78 is 28.7. The summed E-state index contributed by atoms with van der Waals surface area (Å²) in [6.45, 7) is 3.52. The Balaban J connectivity index is 1.28. The molecule has 0 radical (unpaired) electrons. The summed E-state index contributed by atoms with van der Waals surface area (Å²) in [6, 6.07) is 6.79. The second kappa shape index (κ2) is 11.9. The number of hydrogen-bond donors (Lipinski definition) is 2. The molecule has 8 nitrogen and oxygen atoms in total. The van der Waals surface area contributed by atoms with E-state index in [2.05, 4.69) is 49.7 Å². The lowest BCUT2D eigenvalue weighted by atomic mass is 9.86. The third-order valence-electron chi connectivity index (χ3n) is 7.54. The lowest BCUT2D eigenvalue weighted by Crippen LogP contribution is -2.58. The van der Waals surface area contributed by atoms with Gasteiger partial charge in [-0.1, -0.05) is 36.2 Å². The van der Waals surface area contributed by atoms with Gasteiger partial charge in [0.05, 0.1) is 21.3 Å². The van der Waals surface area contributed by atoms with E-state index in [0.29, 0.717) is 8.81 Å². The van der Waals surface area contributed by atoms with Gasteiger partial charge in [0.25, 0.3) is 10.0 Å². The van der Waals surface area contributed by atoms with Gasteiger partial charge >= 0.3 is 0 Å². The van der Waals surface area contributed by atoms with Gasteiger partial charge in [-0.15, -0.1) is 11.3 Å². The molecule has 0 spiro atoms. The zero-order valence-corrected chi connectivity index (χ0v) is 25.0. The molecule has 38 heavy (non-hydrogen) atoms. The third kappa shape index (κ3) is 6.13. The molecule has 2 amide bonds. The van der Waals surface area contributed by atoms with E-state index in [0.717, 1.165) is 60.1 Å². The first-order valence-corrected chi connectivity index (χ1v) is 16.5. The van der Waals surface area contributed by atoms with Crippen molar-refractivity contribution in [2.24, 2.45) is 0 Å². The topological polar surface area (TPSA) is 98.8 Å². The Morgan fingerprint density at radius 3 is 2.68 bits per heavy atom. The molecule has 0 bridgehead atoms. The van der Waals surface area contributed by atoms with Crippen LogP contribution < -0.4 is 10.6 Å². The van der Waals surface area contributed by atoms with Crippen LogP contribution in [0.15, 0.2) is 32.9 Å². The van der Waals surface area contributed by atoms with Crippen LogP contribution in [0, 0.1) is 0 Å². The number of benzene rings is 1. The predicted molar refractivity (Wildman–Crippen MR) is 152 cm³/mol. The minimum absolute atomic E-state index is 0.0316. The van der Waals surface area contributed by atoms with Crippen molar-refractivity contribution < 1.29 is 18.0 Å². The minimum Gasteiger partial charge on any atom is -0.353 e. The maximum atomic E-state index is 13.4. The van der Waals surface area contributed by atoms with Crippen LogP contribution in [0.4, 0.5) is 0 Å². The summed E-state index contributed by atoms with van der Waals surface area (Å²) in [5.74, 6) is -0.814. The second-order valence-corrected chi connectivity index (χ2v) is 14.8. The third-order valence-corrected chi connectivity index (χ3v) is 12.4. The molecule has 1 aromatic carbocycles. The van der Waals surface area contributed by atoms with Crippen molar-refractivity contribution in [1.29, 1.82) is 0 Å². The van der Waals surface area contributed by atoms with Crippen molar-refractivity contribution in [2.75, 3.05) is 26.2 Å².